The highest BCUT2D eigenvalue weighted by atomic mass is 14.9. The molecule has 0 radical (unpaired) electrons. The summed E-state index contributed by atoms with van der Waals surface area (Å²) in [5.74, 6) is 0. The summed E-state index contributed by atoms with van der Waals surface area (Å²) in [4.78, 5) is 0. The van der Waals surface area contributed by atoms with Gasteiger partial charge in [-0.3, -0.25) is 0 Å². The third kappa shape index (κ3) is 2.60. The van der Waals surface area contributed by atoms with E-state index in [1.165, 1.54) is 31.4 Å². The lowest BCUT2D eigenvalue weighted by Gasteiger charge is -2.28. The fraction of sp³-hybridized carbons (Fsp3) is 0.571. The minimum atomic E-state index is 0.295. The predicted molar refractivity (Wildman–Crippen MR) is 65.1 cm³/mol. The van der Waals surface area contributed by atoms with Gasteiger partial charge < -0.3 is 5.32 Å². The molecule has 1 saturated heterocycles. The molecule has 0 amide bonds. The molecule has 1 N–H and O–H groups in total. The van der Waals surface area contributed by atoms with Crippen LogP contribution in [0, 0.1) is 0 Å². The van der Waals surface area contributed by atoms with E-state index < -0.39 is 0 Å². The van der Waals surface area contributed by atoms with Gasteiger partial charge in [0.15, 0.2) is 0 Å². The molecule has 1 aromatic rings. The molecule has 1 unspecified atom stereocenters. The van der Waals surface area contributed by atoms with Gasteiger partial charge in [-0.1, -0.05) is 44.2 Å². The fourth-order valence-corrected chi connectivity index (χ4v) is 2.55. The number of benzene rings is 1. The molecule has 1 aromatic carbocycles. The zero-order valence-electron chi connectivity index (χ0n) is 9.79. The van der Waals surface area contributed by atoms with Gasteiger partial charge in [-0.25, -0.2) is 0 Å². The van der Waals surface area contributed by atoms with Crippen LogP contribution in [0.4, 0.5) is 0 Å². The highest BCUT2D eigenvalue weighted by Gasteiger charge is 2.26. The SMILES string of the molecule is CC(C)(CC1CCCN1)c1ccccc1. The molecule has 1 aliphatic heterocycles. The molecular formula is C14H21N. The third-order valence-corrected chi connectivity index (χ3v) is 3.47. The van der Waals surface area contributed by atoms with Crippen molar-refractivity contribution in [1.29, 1.82) is 0 Å². The Balaban J connectivity index is 2.05. The van der Waals surface area contributed by atoms with Crippen molar-refractivity contribution in [1.82, 2.24) is 5.32 Å². The number of hydrogen-bond acceptors (Lipinski definition) is 1. The van der Waals surface area contributed by atoms with Gasteiger partial charge in [0.05, 0.1) is 0 Å². The first-order valence-electron chi connectivity index (χ1n) is 5.97. The van der Waals surface area contributed by atoms with Crippen LogP contribution >= 0.6 is 0 Å². The van der Waals surface area contributed by atoms with Crippen molar-refractivity contribution in [3.63, 3.8) is 0 Å². The van der Waals surface area contributed by atoms with Crippen molar-refractivity contribution >= 4 is 0 Å². The topological polar surface area (TPSA) is 12.0 Å². The second kappa shape index (κ2) is 4.36. The molecule has 0 spiro atoms. The lowest BCUT2D eigenvalue weighted by molar-refractivity contribution is 0.401. The summed E-state index contributed by atoms with van der Waals surface area (Å²) in [5, 5.41) is 3.58. The Hall–Kier alpha value is -0.820. The molecule has 1 heteroatoms. The Labute approximate surface area is 92.9 Å². The average Bonchev–Trinajstić information content (AvgIpc) is 2.71. The number of nitrogens with one attached hydrogen (secondary N) is 1. The molecule has 2 rings (SSSR count). The molecule has 0 saturated carbocycles. The Morgan fingerprint density at radius 1 is 1.27 bits per heavy atom. The second-order valence-electron chi connectivity index (χ2n) is 5.25. The molecule has 1 nitrogen and oxygen atoms in total. The van der Waals surface area contributed by atoms with E-state index in [-0.39, 0.29) is 0 Å². The van der Waals surface area contributed by atoms with Gasteiger partial charge in [-0.05, 0) is 36.8 Å². The summed E-state index contributed by atoms with van der Waals surface area (Å²) < 4.78 is 0. The van der Waals surface area contributed by atoms with Crippen molar-refractivity contribution in [3.05, 3.63) is 35.9 Å². The third-order valence-electron chi connectivity index (χ3n) is 3.47. The van der Waals surface area contributed by atoms with Crippen LogP contribution < -0.4 is 5.32 Å². The van der Waals surface area contributed by atoms with E-state index >= 15 is 0 Å². The molecule has 1 fully saturated rings. The quantitative estimate of drug-likeness (QED) is 0.796. The average molecular weight is 203 g/mol. The molecule has 15 heavy (non-hydrogen) atoms. The second-order valence-corrected chi connectivity index (χ2v) is 5.25. The molecule has 1 heterocycles. The van der Waals surface area contributed by atoms with Crippen LogP contribution in [-0.2, 0) is 5.41 Å². The van der Waals surface area contributed by atoms with Gasteiger partial charge in [0.2, 0.25) is 0 Å². The molecule has 0 aromatic heterocycles. The van der Waals surface area contributed by atoms with E-state index in [1.54, 1.807) is 0 Å². The first-order chi connectivity index (χ1) is 7.18. The minimum absolute atomic E-state index is 0.295. The lowest BCUT2D eigenvalue weighted by atomic mass is 9.79. The minimum Gasteiger partial charge on any atom is -0.314 e. The highest BCUT2D eigenvalue weighted by Crippen LogP contribution is 2.30. The molecule has 1 aliphatic rings. The standard InChI is InChI=1S/C14H21N/c1-14(2,11-13-9-6-10-15-13)12-7-4-3-5-8-12/h3-5,7-8,13,15H,6,9-11H2,1-2H3. The summed E-state index contributed by atoms with van der Waals surface area (Å²) in [6, 6.07) is 11.6. The molecule has 0 bridgehead atoms. The van der Waals surface area contributed by atoms with E-state index in [0.29, 0.717) is 5.41 Å². The van der Waals surface area contributed by atoms with Gasteiger partial charge in [-0.15, -0.1) is 0 Å². The van der Waals surface area contributed by atoms with Crippen LogP contribution in [0.1, 0.15) is 38.7 Å². The van der Waals surface area contributed by atoms with Gasteiger partial charge >= 0.3 is 0 Å². The van der Waals surface area contributed by atoms with Crippen molar-refractivity contribution in [2.24, 2.45) is 0 Å². The Bertz CT molecular complexity index is 296. The van der Waals surface area contributed by atoms with Crippen LogP contribution in [-0.4, -0.2) is 12.6 Å². The summed E-state index contributed by atoms with van der Waals surface area (Å²) in [6.45, 7) is 5.90. The Kier molecular flexibility index (Phi) is 3.11. The van der Waals surface area contributed by atoms with Crippen LogP contribution in [0.2, 0.25) is 0 Å². The van der Waals surface area contributed by atoms with E-state index in [9.17, 15) is 0 Å². The molecular weight excluding hydrogens is 182 g/mol. The Morgan fingerprint density at radius 3 is 2.60 bits per heavy atom. The van der Waals surface area contributed by atoms with Crippen molar-refractivity contribution in [3.8, 4) is 0 Å². The first kappa shape index (κ1) is 10.7. The molecule has 82 valence electrons. The Morgan fingerprint density at radius 2 is 2.00 bits per heavy atom. The number of rotatable bonds is 3. The zero-order valence-corrected chi connectivity index (χ0v) is 9.79. The van der Waals surface area contributed by atoms with Crippen LogP contribution in [0.15, 0.2) is 30.3 Å². The van der Waals surface area contributed by atoms with Gasteiger partial charge in [0.25, 0.3) is 0 Å². The van der Waals surface area contributed by atoms with Crippen molar-refractivity contribution < 1.29 is 0 Å². The summed E-state index contributed by atoms with van der Waals surface area (Å²) >= 11 is 0. The van der Waals surface area contributed by atoms with Crippen LogP contribution in [0.3, 0.4) is 0 Å². The van der Waals surface area contributed by atoms with Crippen LogP contribution in [0.25, 0.3) is 0 Å². The van der Waals surface area contributed by atoms with E-state index in [4.69, 9.17) is 0 Å². The predicted octanol–water partition coefficient (Wildman–Crippen LogP) is 3.11. The normalized spacial score (nSPS) is 21.9. The maximum absolute atomic E-state index is 3.58. The van der Waals surface area contributed by atoms with E-state index in [2.05, 4.69) is 49.5 Å². The summed E-state index contributed by atoms with van der Waals surface area (Å²) in [6.07, 6.45) is 3.93. The van der Waals surface area contributed by atoms with Crippen LogP contribution in [0.5, 0.6) is 0 Å². The number of hydrogen-bond donors (Lipinski definition) is 1. The van der Waals surface area contributed by atoms with Gasteiger partial charge in [-0.2, -0.15) is 0 Å². The molecule has 1 atom stereocenters. The van der Waals surface area contributed by atoms with Crippen molar-refractivity contribution in [2.45, 2.75) is 44.6 Å². The summed E-state index contributed by atoms with van der Waals surface area (Å²) in [5.41, 5.74) is 1.75. The molecule has 0 aliphatic carbocycles. The van der Waals surface area contributed by atoms with Crippen molar-refractivity contribution in [2.75, 3.05) is 6.54 Å². The maximum Gasteiger partial charge on any atom is 0.00758 e. The summed E-state index contributed by atoms with van der Waals surface area (Å²) in [7, 11) is 0. The van der Waals surface area contributed by atoms with Gasteiger partial charge in [0, 0.05) is 6.04 Å². The zero-order chi connectivity index (χ0) is 10.7. The monoisotopic (exact) mass is 203 g/mol. The fourth-order valence-electron chi connectivity index (χ4n) is 2.55. The van der Waals surface area contributed by atoms with E-state index in [0.717, 1.165) is 6.04 Å². The largest absolute Gasteiger partial charge is 0.314 e. The highest BCUT2D eigenvalue weighted by molar-refractivity contribution is 5.23. The lowest BCUT2D eigenvalue weighted by Crippen LogP contribution is -2.30. The smallest absolute Gasteiger partial charge is 0.00758 e. The first-order valence-corrected chi connectivity index (χ1v) is 5.97. The van der Waals surface area contributed by atoms with E-state index in [1.807, 2.05) is 0 Å². The van der Waals surface area contributed by atoms with Gasteiger partial charge in [0.1, 0.15) is 0 Å². The maximum atomic E-state index is 3.58.